The molecule has 3 nitrogen and oxygen atoms in total. The van der Waals surface area contributed by atoms with Gasteiger partial charge in [-0.3, -0.25) is 0 Å². The Hall–Kier alpha value is 0.200. The SMILES string of the molecule is CC(C)CCS(=O)(=O)N(CCCl)C(C)C. The summed E-state index contributed by atoms with van der Waals surface area (Å²) >= 11 is 5.60. The second-order valence-electron chi connectivity index (χ2n) is 4.39. The number of hydrogen-bond acceptors (Lipinski definition) is 2. The maximum Gasteiger partial charge on any atom is 0.214 e. The Morgan fingerprint density at radius 1 is 1.20 bits per heavy atom. The lowest BCUT2D eigenvalue weighted by Crippen LogP contribution is -2.40. The van der Waals surface area contributed by atoms with Crippen molar-refractivity contribution in [3.05, 3.63) is 0 Å². The molecule has 0 aromatic rings. The molecule has 92 valence electrons. The van der Waals surface area contributed by atoms with Crippen molar-refractivity contribution in [2.75, 3.05) is 18.2 Å². The van der Waals surface area contributed by atoms with Gasteiger partial charge in [0.25, 0.3) is 0 Å². The zero-order valence-corrected chi connectivity index (χ0v) is 11.6. The van der Waals surface area contributed by atoms with E-state index in [4.69, 9.17) is 11.6 Å². The molecule has 0 saturated carbocycles. The van der Waals surface area contributed by atoms with Crippen LogP contribution < -0.4 is 0 Å². The van der Waals surface area contributed by atoms with Crippen LogP contribution in [-0.4, -0.2) is 36.9 Å². The van der Waals surface area contributed by atoms with Crippen LogP contribution in [0, 0.1) is 5.92 Å². The van der Waals surface area contributed by atoms with Crippen LogP contribution in [0.5, 0.6) is 0 Å². The molecule has 0 atom stereocenters. The Labute approximate surface area is 98.8 Å². The molecular formula is C10H22ClNO2S. The Balaban J connectivity index is 4.50. The zero-order valence-electron chi connectivity index (χ0n) is 10.0. The second kappa shape index (κ2) is 6.71. The maximum absolute atomic E-state index is 11.9. The van der Waals surface area contributed by atoms with Crippen molar-refractivity contribution in [2.45, 2.75) is 40.2 Å². The van der Waals surface area contributed by atoms with Crippen molar-refractivity contribution in [1.29, 1.82) is 0 Å². The fourth-order valence-electron chi connectivity index (χ4n) is 1.30. The van der Waals surface area contributed by atoms with Gasteiger partial charge in [0, 0.05) is 18.5 Å². The van der Waals surface area contributed by atoms with Crippen LogP contribution >= 0.6 is 11.6 Å². The third-order valence-corrected chi connectivity index (χ3v) is 4.43. The number of alkyl halides is 1. The minimum absolute atomic E-state index is 0.0130. The molecule has 0 aliphatic rings. The molecule has 0 amide bonds. The van der Waals surface area contributed by atoms with Crippen LogP contribution in [0.1, 0.15) is 34.1 Å². The highest BCUT2D eigenvalue weighted by Crippen LogP contribution is 2.11. The second-order valence-corrected chi connectivity index (χ2v) is 6.81. The average molecular weight is 256 g/mol. The van der Waals surface area contributed by atoms with E-state index in [0.717, 1.165) is 0 Å². The van der Waals surface area contributed by atoms with Gasteiger partial charge in [-0.25, -0.2) is 8.42 Å². The summed E-state index contributed by atoms with van der Waals surface area (Å²) < 4.78 is 25.4. The Morgan fingerprint density at radius 2 is 1.73 bits per heavy atom. The summed E-state index contributed by atoms with van der Waals surface area (Å²) in [5.41, 5.74) is 0. The highest BCUT2D eigenvalue weighted by molar-refractivity contribution is 7.89. The molecular weight excluding hydrogens is 234 g/mol. The maximum atomic E-state index is 11.9. The first-order chi connectivity index (χ1) is 6.81. The van der Waals surface area contributed by atoms with Crippen LogP contribution in [-0.2, 0) is 10.0 Å². The molecule has 0 aliphatic carbocycles. The molecule has 0 aromatic heterocycles. The van der Waals surface area contributed by atoms with E-state index < -0.39 is 10.0 Å². The van der Waals surface area contributed by atoms with Gasteiger partial charge < -0.3 is 0 Å². The van der Waals surface area contributed by atoms with E-state index in [1.54, 1.807) is 0 Å². The van der Waals surface area contributed by atoms with E-state index in [9.17, 15) is 8.42 Å². The smallest absolute Gasteiger partial charge is 0.212 e. The lowest BCUT2D eigenvalue weighted by molar-refractivity contribution is 0.368. The lowest BCUT2D eigenvalue weighted by atomic mass is 10.2. The first kappa shape index (κ1) is 15.2. The number of sulfonamides is 1. The Bertz CT molecular complexity index is 263. The first-order valence-corrected chi connectivity index (χ1v) is 7.51. The van der Waals surface area contributed by atoms with Crippen molar-refractivity contribution in [1.82, 2.24) is 4.31 Å². The van der Waals surface area contributed by atoms with E-state index in [1.807, 2.05) is 27.7 Å². The van der Waals surface area contributed by atoms with Gasteiger partial charge in [-0.1, -0.05) is 13.8 Å². The van der Waals surface area contributed by atoms with Crippen molar-refractivity contribution >= 4 is 21.6 Å². The van der Waals surface area contributed by atoms with E-state index in [2.05, 4.69) is 0 Å². The summed E-state index contributed by atoms with van der Waals surface area (Å²) in [5.74, 6) is 0.975. The van der Waals surface area contributed by atoms with Crippen LogP contribution in [0.15, 0.2) is 0 Å². The van der Waals surface area contributed by atoms with Gasteiger partial charge in [0.15, 0.2) is 0 Å². The normalized spacial score (nSPS) is 13.1. The lowest BCUT2D eigenvalue weighted by Gasteiger charge is -2.25. The van der Waals surface area contributed by atoms with Gasteiger partial charge in [-0.05, 0) is 26.2 Å². The average Bonchev–Trinajstić information content (AvgIpc) is 2.10. The summed E-state index contributed by atoms with van der Waals surface area (Å²) in [4.78, 5) is 0. The summed E-state index contributed by atoms with van der Waals surface area (Å²) in [6.07, 6.45) is 0.702. The molecule has 0 aliphatic heterocycles. The molecule has 0 saturated heterocycles. The molecule has 0 bridgehead atoms. The van der Waals surface area contributed by atoms with Crippen LogP contribution in [0.25, 0.3) is 0 Å². The molecule has 0 heterocycles. The Kier molecular flexibility index (Phi) is 6.80. The van der Waals surface area contributed by atoms with Crippen LogP contribution in [0.4, 0.5) is 0 Å². The quantitative estimate of drug-likeness (QED) is 0.655. The first-order valence-electron chi connectivity index (χ1n) is 5.36. The Morgan fingerprint density at radius 3 is 2.07 bits per heavy atom. The molecule has 0 spiro atoms. The number of hydrogen-bond donors (Lipinski definition) is 0. The minimum Gasteiger partial charge on any atom is -0.212 e. The number of rotatable bonds is 7. The van der Waals surface area contributed by atoms with E-state index in [0.29, 0.717) is 24.8 Å². The van der Waals surface area contributed by atoms with Gasteiger partial charge in [0.05, 0.1) is 5.75 Å². The summed E-state index contributed by atoms with van der Waals surface area (Å²) in [5, 5.41) is 0. The largest absolute Gasteiger partial charge is 0.214 e. The van der Waals surface area contributed by atoms with E-state index >= 15 is 0 Å². The van der Waals surface area contributed by atoms with Crippen LogP contribution in [0.2, 0.25) is 0 Å². The molecule has 15 heavy (non-hydrogen) atoms. The third-order valence-electron chi connectivity index (χ3n) is 2.19. The van der Waals surface area contributed by atoms with Gasteiger partial charge in [-0.15, -0.1) is 11.6 Å². The summed E-state index contributed by atoms with van der Waals surface area (Å²) in [6, 6.07) is -0.0130. The van der Waals surface area contributed by atoms with Crippen molar-refractivity contribution in [3.63, 3.8) is 0 Å². The number of nitrogens with zero attached hydrogens (tertiary/aromatic N) is 1. The zero-order chi connectivity index (χ0) is 12.1. The topological polar surface area (TPSA) is 37.4 Å². The van der Waals surface area contributed by atoms with Gasteiger partial charge in [0.1, 0.15) is 0 Å². The molecule has 0 radical (unpaired) electrons. The van der Waals surface area contributed by atoms with Crippen molar-refractivity contribution in [3.8, 4) is 0 Å². The highest BCUT2D eigenvalue weighted by Gasteiger charge is 2.23. The van der Waals surface area contributed by atoms with E-state index in [-0.39, 0.29) is 11.8 Å². The minimum atomic E-state index is -3.13. The molecule has 0 fully saturated rings. The molecule has 0 N–H and O–H groups in total. The molecule has 0 unspecified atom stereocenters. The standard InChI is InChI=1S/C10H22ClNO2S/c1-9(2)5-8-15(13,14)12(7-6-11)10(3)4/h9-10H,5-8H2,1-4H3. The highest BCUT2D eigenvalue weighted by atomic mass is 35.5. The van der Waals surface area contributed by atoms with Gasteiger partial charge >= 0.3 is 0 Å². The fraction of sp³-hybridized carbons (Fsp3) is 1.00. The van der Waals surface area contributed by atoms with Gasteiger partial charge in [-0.2, -0.15) is 4.31 Å². The molecule has 0 aromatic carbocycles. The third kappa shape index (κ3) is 5.73. The van der Waals surface area contributed by atoms with Crippen LogP contribution in [0.3, 0.4) is 0 Å². The van der Waals surface area contributed by atoms with Crippen molar-refractivity contribution in [2.24, 2.45) is 5.92 Å². The summed E-state index contributed by atoms with van der Waals surface area (Å²) in [7, 11) is -3.13. The summed E-state index contributed by atoms with van der Waals surface area (Å²) in [6.45, 7) is 8.20. The fourth-order valence-corrected chi connectivity index (χ4v) is 3.60. The van der Waals surface area contributed by atoms with Gasteiger partial charge in [0.2, 0.25) is 10.0 Å². The molecule has 0 rings (SSSR count). The van der Waals surface area contributed by atoms with E-state index in [1.165, 1.54) is 4.31 Å². The molecule has 5 heteroatoms. The predicted octanol–water partition coefficient (Wildman–Crippen LogP) is 2.31. The number of halogens is 1. The predicted molar refractivity (Wildman–Crippen MR) is 65.8 cm³/mol. The monoisotopic (exact) mass is 255 g/mol. The van der Waals surface area contributed by atoms with Crippen molar-refractivity contribution < 1.29 is 8.42 Å².